The minimum Gasteiger partial charge on any atom is -0.393 e. The first-order valence-corrected chi connectivity index (χ1v) is 6.86. The van der Waals surface area contributed by atoms with Gasteiger partial charge in [0, 0.05) is 19.6 Å². The van der Waals surface area contributed by atoms with E-state index < -0.39 is 0 Å². The molecule has 1 saturated heterocycles. The Morgan fingerprint density at radius 2 is 2.17 bits per heavy atom. The first kappa shape index (κ1) is 13.8. The third-order valence-corrected chi connectivity index (χ3v) is 3.98. The van der Waals surface area contributed by atoms with Gasteiger partial charge in [-0.1, -0.05) is 6.92 Å². The zero-order chi connectivity index (χ0) is 13.1. The summed E-state index contributed by atoms with van der Waals surface area (Å²) < 4.78 is 5.41. The van der Waals surface area contributed by atoms with Gasteiger partial charge in [0.05, 0.1) is 25.2 Å². The second kappa shape index (κ2) is 5.99. The summed E-state index contributed by atoms with van der Waals surface area (Å²) in [7, 11) is 1.86. The monoisotopic (exact) mass is 256 g/mol. The summed E-state index contributed by atoms with van der Waals surface area (Å²) in [5.74, 6) is 0.577. The van der Waals surface area contributed by atoms with Gasteiger partial charge in [-0.3, -0.25) is 4.79 Å². The maximum absolute atomic E-state index is 12.3. The highest BCUT2D eigenvalue weighted by Gasteiger charge is 2.36. The van der Waals surface area contributed by atoms with Crippen LogP contribution in [0.4, 0.5) is 0 Å². The Morgan fingerprint density at radius 3 is 2.78 bits per heavy atom. The van der Waals surface area contributed by atoms with Crippen molar-refractivity contribution >= 4 is 5.91 Å². The Bertz CT molecular complexity index is 292. The molecular formula is C13H24N2O3. The van der Waals surface area contributed by atoms with Gasteiger partial charge in [0.2, 0.25) is 5.91 Å². The fourth-order valence-corrected chi connectivity index (χ4v) is 2.87. The van der Waals surface area contributed by atoms with E-state index in [-0.39, 0.29) is 24.0 Å². The van der Waals surface area contributed by atoms with Crippen LogP contribution in [0.5, 0.6) is 0 Å². The summed E-state index contributed by atoms with van der Waals surface area (Å²) in [5.41, 5.74) is 0. The van der Waals surface area contributed by atoms with Crippen molar-refractivity contribution in [2.75, 3.05) is 33.4 Å². The number of likely N-dealkylation sites (N-methyl/N-ethyl adjacent to an activating group) is 1. The molecular weight excluding hydrogens is 232 g/mol. The second-order valence-electron chi connectivity index (χ2n) is 5.52. The Balaban J connectivity index is 1.81. The Hall–Kier alpha value is -0.650. The van der Waals surface area contributed by atoms with Crippen LogP contribution in [0.1, 0.15) is 19.8 Å². The van der Waals surface area contributed by atoms with E-state index in [1.54, 1.807) is 4.90 Å². The van der Waals surface area contributed by atoms with Gasteiger partial charge in [-0.05, 0) is 25.3 Å². The topological polar surface area (TPSA) is 61.8 Å². The molecule has 104 valence electrons. The number of nitrogens with zero attached hydrogens (tertiary/aromatic N) is 1. The molecule has 5 heteroatoms. The molecule has 2 aliphatic rings. The maximum atomic E-state index is 12.3. The lowest BCUT2D eigenvalue weighted by atomic mass is 9.82. The Morgan fingerprint density at radius 1 is 1.44 bits per heavy atom. The summed E-state index contributed by atoms with van der Waals surface area (Å²) in [4.78, 5) is 14.1. The van der Waals surface area contributed by atoms with Crippen molar-refractivity contribution in [1.29, 1.82) is 0 Å². The number of aliphatic hydroxyl groups excluding tert-OH is 1. The Labute approximate surface area is 108 Å². The molecule has 1 amide bonds. The molecule has 2 rings (SSSR count). The predicted octanol–water partition coefficient (Wildman–Crippen LogP) is -0.160. The van der Waals surface area contributed by atoms with Gasteiger partial charge in [0.1, 0.15) is 0 Å². The molecule has 0 aromatic carbocycles. The molecule has 1 saturated carbocycles. The number of carbonyl (C=O) groups excluding carboxylic acids is 1. The van der Waals surface area contributed by atoms with Gasteiger partial charge in [-0.2, -0.15) is 0 Å². The molecule has 2 fully saturated rings. The number of ether oxygens (including phenoxy) is 1. The average molecular weight is 256 g/mol. The van der Waals surface area contributed by atoms with E-state index in [0.717, 1.165) is 25.9 Å². The summed E-state index contributed by atoms with van der Waals surface area (Å²) in [6, 6.07) is 0.150. The largest absolute Gasteiger partial charge is 0.393 e. The number of amides is 1. The molecule has 2 unspecified atom stereocenters. The molecule has 1 heterocycles. The highest BCUT2D eigenvalue weighted by Crippen LogP contribution is 2.28. The van der Waals surface area contributed by atoms with Gasteiger partial charge < -0.3 is 20.1 Å². The smallest absolute Gasteiger partial charge is 0.229 e. The van der Waals surface area contributed by atoms with Crippen molar-refractivity contribution < 1.29 is 14.6 Å². The molecule has 0 aromatic heterocycles. The molecule has 18 heavy (non-hydrogen) atoms. The molecule has 0 aromatic rings. The summed E-state index contributed by atoms with van der Waals surface area (Å²) in [6.07, 6.45) is 1.51. The number of hydrogen-bond acceptors (Lipinski definition) is 4. The summed E-state index contributed by atoms with van der Waals surface area (Å²) in [5, 5.41) is 12.6. The number of nitrogens with one attached hydrogen (secondary N) is 1. The molecule has 0 radical (unpaired) electrons. The minimum absolute atomic E-state index is 0.0556. The Kier molecular flexibility index (Phi) is 4.59. The molecule has 0 spiro atoms. The van der Waals surface area contributed by atoms with Gasteiger partial charge in [0.15, 0.2) is 0 Å². The lowest BCUT2D eigenvalue weighted by Gasteiger charge is -2.35. The van der Waals surface area contributed by atoms with Gasteiger partial charge in [-0.15, -0.1) is 0 Å². The first-order chi connectivity index (χ1) is 8.61. The van der Waals surface area contributed by atoms with Crippen molar-refractivity contribution in [2.24, 2.45) is 11.8 Å². The first-order valence-electron chi connectivity index (χ1n) is 6.86. The maximum Gasteiger partial charge on any atom is 0.229 e. The molecule has 5 nitrogen and oxygen atoms in total. The highest BCUT2D eigenvalue weighted by atomic mass is 16.5. The van der Waals surface area contributed by atoms with Gasteiger partial charge in [0.25, 0.3) is 0 Å². The molecule has 1 aliphatic carbocycles. The van der Waals surface area contributed by atoms with E-state index in [1.807, 2.05) is 14.0 Å². The number of hydrogen-bond donors (Lipinski definition) is 2. The lowest BCUT2D eigenvalue weighted by Crippen LogP contribution is -2.47. The van der Waals surface area contributed by atoms with Crippen molar-refractivity contribution in [3.05, 3.63) is 0 Å². The van der Waals surface area contributed by atoms with Crippen molar-refractivity contribution in [3.8, 4) is 0 Å². The average Bonchev–Trinajstić information content (AvgIpc) is 2.74. The zero-order valence-electron chi connectivity index (χ0n) is 11.3. The standard InChI is InChI=1S/C13H24N2O3/c1-3-14-12-8-18-7-11(12)13(17)15(2)6-9-4-10(16)5-9/h9-12,14,16H,3-8H2,1-2H3. The van der Waals surface area contributed by atoms with E-state index in [2.05, 4.69) is 5.32 Å². The second-order valence-corrected chi connectivity index (χ2v) is 5.52. The normalized spacial score (nSPS) is 35.3. The predicted molar refractivity (Wildman–Crippen MR) is 68.1 cm³/mol. The van der Waals surface area contributed by atoms with Crippen LogP contribution in [-0.4, -0.2) is 61.4 Å². The van der Waals surface area contributed by atoms with Crippen molar-refractivity contribution in [3.63, 3.8) is 0 Å². The minimum atomic E-state index is -0.150. The quantitative estimate of drug-likeness (QED) is 0.717. The SMILES string of the molecule is CCNC1COCC1C(=O)N(C)CC1CC(O)C1. The van der Waals surface area contributed by atoms with Crippen LogP contribution in [0.25, 0.3) is 0 Å². The highest BCUT2D eigenvalue weighted by molar-refractivity contribution is 5.79. The van der Waals surface area contributed by atoms with Crippen molar-refractivity contribution in [1.82, 2.24) is 10.2 Å². The summed E-state index contributed by atoms with van der Waals surface area (Å²) >= 11 is 0. The van der Waals surface area contributed by atoms with Crippen LogP contribution in [0.2, 0.25) is 0 Å². The molecule has 2 atom stereocenters. The number of rotatable bonds is 5. The van der Waals surface area contributed by atoms with E-state index in [4.69, 9.17) is 4.74 Å². The number of aliphatic hydroxyl groups is 1. The van der Waals surface area contributed by atoms with E-state index in [0.29, 0.717) is 19.1 Å². The van der Waals surface area contributed by atoms with E-state index in [9.17, 15) is 9.90 Å². The molecule has 1 aliphatic heterocycles. The van der Waals surface area contributed by atoms with Gasteiger partial charge >= 0.3 is 0 Å². The van der Waals surface area contributed by atoms with Crippen LogP contribution in [-0.2, 0) is 9.53 Å². The third kappa shape index (κ3) is 3.02. The van der Waals surface area contributed by atoms with Gasteiger partial charge in [-0.25, -0.2) is 0 Å². The van der Waals surface area contributed by atoms with Crippen LogP contribution in [0, 0.1) is 11.8 Å². The zero-order valence-corrected chi connectivity index (χ0v) is 11.3. The third-order valence-electron chi connectivity index (χ3n) is 3.98. The fourth-order valence-electron chi connectivity index (χ4n) is 2.87. The van der Waals surface area contributed by atoms with Crippen LogP contribution >= 0.6 is 0 Å². The molecule has 2 N–H and O–H groups in total. The lowest BCUT2D eigenvalue weighted by molar-refractivity contribution is -0.136. The van der Waals surface area contributed by atoms with Crippen molar-refractivity contribution in [2.45, 2.75) is 31.9 Å². The van der Waals surface area contributed by atoms with Crippen LogP contribution in [0.3, 0.4) is 0 Å². The molecule has 0 bridgehead atoms. The van der Waals surface area contributed by atoms with E-state index in [1.165, 1.54) is 0 Å². The fraction of sp³-hybridized carbons (Fsp3) is 0.923. The number of carbonyl (C=O) groups is 1. The summed E-state index contributed by atoms with van der Waals surface area (Å²) in [6.45, 7) is 4.80. The van der Waals surface area contributed by atoms with Crippen LogP contribution in [0.15, 0.2) is 0 Å². The van der Waals surface area contributed by atoms with E-state index >= 15 is 0 Å². The van der Waals surface area contributed by atoms with Crippen LogP contribution < -0.4 is 5.32 Å².